The summed E-state index contributed by atoms with van der Waals surface area (Å²) in [6.45, 7) is 4.10. The van der Waals surface area contributed by atoms with Crippen LogP contribution in [0.15, 0.2) is 152 Å². The van der Waals surface area contributed by atoms with E-state index in [1.807, 2.05) is 12.1 Å². The molecular weight excluding hydrogens is 558 g/mol. The summed E-state index contributed by atoms with van der Waals surface area (Å²) in [5, 5.41) is 4.93. The first-order chi connectivity index (χ1) is 22.6. The average molecular weight is 590 g/mol. The molecule has 6 aromatic carbocycles. The second-order valence-electron chi connectivity index (χ2n) is 11.8. The van der Waals surface area contributed by atoms with E-state index in [2.05, 4.69) is 158 Å². The van der Waals surface area contributed by atoms with Gasteiger partial charge >= 0.3 is 0 Å². The first-order valence-electron chi connectivity index (χ1n) is 15.6. The van der Waals surface area contributed by atoms with E-state index in [0.29, 0.717) is 5.82 Å². The summed E-state index contributed by atoms with van der Waals surface area (Å²) in [6, 6.07) is 53.5. The molecule has 2 heterocycles. The highest BCUT2D eigenvalue weighted by atomic mass is 14.9. The molecular formula is C43H31N3. The van der Waals surface area contributed by atoms with Gasteiger partial charge in [0.05, 0.1) is 11.4 Å². The zero-order valence-corrected chi connectivity index (χ0v) is 25.8. The van der Waals surface area contributed by atoms with E-state index >= 15 is 0 Å². The quantitative estimate of drug-likeness (QED) is 0.187. The van der Waals surface area contributed by atoms with Gasteiger partial charge in [-0.3, -0.25) is 4.98 Å². The summed E-state index contributed by atoms with van der Waals surface area (Å²) < 4.78 is 0. The Labute approximate surface area is 268 Å². The first kappa shape index (κ1) is 27.6. The van der Waals surface area contributed by atoms with Crippen LogP contribution < -0.4 is 0 Å². The second kappa shape index (κ2) is 11.5. The van der Waals surface area contributed by atoms with Gasteiger partial charge in [0, 0.05) is 28.1 Å². The van der Waals surface area contributed by atoms with Gasteiger partial charge in [-0.25, -0.2) is 9.97 Å². The summed E-state index contributed by atoms with van der Waals surface area (Å²) >= 11 is 0. The second-order valence-corrected chi connectivity index (χ2v) is 11.8. The standard InChI is InChI=1S/C43H31N3/c1-28-21-33(22-29(2)44-28)34-23-35(40-26-32-17-9-10-18-37(32)38-19-11-12-20-39(38)40)25-36(24-34)43-45-41(30-13-5-3-6-14-30)27-42(46-43)31-15-7-4-8-16-31/h3-27H,1-2H3. The maximum absolute atomic E-state index is 5.19. The van der Waals surface area contributed by atoms with Gasteiger partial charge in [-0.1, -0.05) is 109 Å². The van der Waals surface area contributed by atoms with Crippen molar-refractivity contribution in [3.8, 4) is 56.2 Å². The van der Waals surface area contributed by atoms with Crippen LogP contribution in [0.25, 0.3) is 77.7 Å². The molecule has 0 atom stereocenters. The molecule has 0 spiro atoms. The zero-order chi connectivity index (χ0) is 31.0. The van der Waals surface area contributed by atoms with Crippen LogP contribution in [0.3, 0.4) is 0 Å². The van der Waals surface area contributed by atoms with Crippen LogP contribution in [0.2, 0.25) is 0 Å². The third kappa shape index (κ3) is 5.22. The predicted octanol–water partition coefficient (Wildman–Crippen LogP) is 11.1. The third-order valence-corrected chi connectivity index (χ3v) is 8.55. The number of aryl methyl sites for hydroxylation is 2. The molecule has 0 saturated carbocycles. The molecule has 8 aromatic rings. The Kier molecular flexibility index (Phi) is 6.92. The number of pyridine rings is 1. The lowest BCUT2D eigenvalue weighted by molar-refractivity contribution is 1.12. The molecule has 3 heteroatoms. The largest absolute Gasteiger partial charge is 0.258 e. The number of hydrogen-bond donors (Lipinski definition) is 0. The van der Waals surface area contributed by atoms with Crippen LogP contribution in [0, 0.1) is 13.8 Å². The van der Waals surface area contributed by atoms with Gasteiger partial charge in [0.15, 0.2) is 5.82 Å². The molecule has 0 saturated heterocycles. The monoisotopic (exact) mass is 589 g/mol. The molecule has 0 bridgehead atoms. The Hall–Kier alpha value is -5.93. The van der Waals surface area contributed by atoms with Crippen LogP contribution in [0.1, 0.15) is 11.4 Å². The zero-order valence-electron chi connectivity index (χ0n) is 25.8. The summed E-state index contributed by atoms with van der Waals surface area (Å²) in [4.78, 5) is 15.0. The van der Waals surface area contributed by atoms with Gasteiger partial charge in [-0.2, -0.15) is 0 Å². The fourth-order valence-corrected chi connectivity index (χ4v) is 6.46. The van der Waals surface area contributed by atoms with Gasteiger partial charge in [-0.05, 0) is 100 Å². The maximum Gasteiger partial charge on any atom is 0.160 e. The van der Waals surface area contributed by atoms with Gasteiger partial charge in [-0.15, -0.1) is 0 Å². The molecule has 2 aromatic heterocycles. The number of hydrogen-bond acceptors (Lipinski definition) is 3. The lowest BCUT2D eigenvalue weighted by Crippen LogP contribution is -1.97. The molecule has 0 radical (unpaired) electrons. The highest BCUT2D eigenvalue weighted by Crippen LogP contribution is 2.39. The third-order valence-electron chi connectivity index (χ3n) is 8.55. The van der Waals surface area contributed by atoms with Crippen molar-refractivity contribution in [1.82, 2.24) is 15.0 Å². The topological polar surface area (TPSA) is 38.7 Å². The fourth-order valence-electron chi connectivity index (χ4n) is 6.46. The van der Waals surface area contributed by atoms with Crippen molar-refractivity contribution < 1.29 is 0 Å². The molecule has 0 N–H and O–H groups in total. The molecule has 218 valence electrons. The Morgan fingerprint density at radius 1 is 0.348 bits per heavy atom. The van der Waals surface area contributed by atoms with Crippen molar-refractivity contribution in [2.24, 2.45) is 0 Å². The lowest BCUT2D eigenvalue weighted by Gasteiger charge is -2.15. The van der Waals surface area contributed by atoms with Gasteiger partial charge in [0.25, 0.3) is 0 Å². The molecule has 8 rings (SSSR count). The van der Waals surface area contributed by atoms with Crippen LogP contribution in [0.5, 0.6) is 0 Å². The number of fused-ring (bicyclic) bond motifs is 3. The Morgan fingerprint density at radius 2 is 0.848 bits per heavy atom. The molecule has 0 unspecified atom stereocenters. The summed E-state index contributed by atoms with van der Waals surface area (Å²) in [7, 11) is 0. The van der Waals surface area contributed by atoms with Gasteiger partial charge < -0.3 is 0 Å². The minimum absolute atomic E-state index is 0.691. The van der Waals surface area contributed by atoms with E-state index in [0.717, 1.165) is 56.2 Å². The van der Waals surface area contributed by atoms with Gasteiger partial charge in [0.1, 0.15) is 0 Å². The first-order valence-corrected chi connectivity index (χ1v) is 15.6. The minimum atomic E-state index is 0.691. The van der Waals surface area contributed by atoms with E-state index in [4.69, 9.17) is 9.97 Å². The van der Waals surface area contributed by atoms with Crippen molar-refractivity contribution in [3.63, 3.8) is 0 Å². The fraction of sp³-hybridized carbons (Fsp3) is 0.0465. The Balaban J connectivity index is 1.42. The number of rotatable bonds is 5. The highest BCUT2D eigenvalue weighted by molar-refractivity contribution is 6.14. The van der Waals surface area contributed by atoms with Crippen molar-refractivity contribution in [2.45, 2.75) is 13.8 Å². The predicted molar refractivity (Wildman–Crippen MR) is 191 cm³/mol. The van der Waals surface area contributed by atoms with E-state index in [9.17, 15) is 0 Å². The smallest absolute Gasteiger partial charge is 0.160 e. The molecule has 46 heavy (non-hydrogen) atoms. The van der Waals surface area contributed by atoms with Crippen molar-refractivity contribution >= 4 is 21.5 Å². The van der Waals surface area contributed by atoms with Crippen LogP contribution in [-0.2, 0) is 0 Å². The molecule has 0 aliphatic heterocycles. The molecule has 0 aliphatic carbocycles. The number of benzene rings is 6. The Morgan fingerprint density at radius 3 is 1.50 bits per heavy atom. The van der Waals surface area contributed by atoms with Crippen LogP contribution in [0.4, 0.5) is 0 Å². The lowest BCUT2D eigenvalue weighted by atomic mass is 9.90. The SMILES string of the molecule is Cc1cc(-c2cc(-c3nc(-c4ccccc4)cc(-c4ccccc4)n3)cc(-c3cc4ccccc4c4ccccc34)c2)cc(C)n1. The van der Waals surface area contributed by atoms with Crippen molar-refractivity contribution in [1.29, 1.82) is 0 Å². The van der Waals surface area contributed by atoms with Crippen molar-refractivity contribution in [3.05, 3.63) is 163 Å². The Bertz CT molecular complexity index is 2300. The maximum atomic E-state index is 5.19. The van der Waals surface area contributed by atoms with E-state index in [-0.39, 0.29) is 0 Å². The minimum Gasteiger partial charge on any atom is -0.258 e. The summed E-state index contributed by atoms with van der Waals surface area (Å²) in [6.07, 6.45) is 0. The molecule has 3 nitrogen and oxygen atoms in total. The van der Waals surface area contributed by atoms with Gasteiger partial charge in [0.2, 0.25) is 0 Å². The van der Waals surface area contributed by atoms with Crippen LogP contribution >= 0.6 is 0 Å². The van der Waals surface area contributed by atoms with E-state index in [1.165, 1.54) is 27.1 Å². The molecule has 0 aliphatic rings. The van der Waals surface area contributed by atoms with E-state index < -0.39 is 0 Å². The summed E-state index contributed by atoms with van der Waals surface area (Å²) in [5.41, 5.74) is 11.4. The number of nitrogens with zero attached hydrogens (tertiary/aromatic N) is 3. The summed E-state index contributed by atoms with van der Waals surface area (Å²) in [5.74, 6) is 0.691. The normalized spacial score (nSPS) is 11.3. The average Bonchev–Trinajstić information content (AvgIpc) is 3.11. The highest BCUT2D eigenvalue weighted by Gasteiger charge is 2.16. The van der Waals surface area contributed by atoms with Crippen LogP contribution in [-0.4, -0.2) is 15.0 Å². The molecule has 0 fully saturated rings. The van der Waals surface area contributed by atoms with E-state index in [1.54, 1.807) is 0 Å². The molecule has 0 amide bonds. The number of aromatic nitrogens is 3. The van der Waals surface area contributed by atoms with Crippen molar-refractivity contribution in [2.75, 3.05) is 0 Å².